The fraction of sp³-hybridized carbons (Fsp3) is 0. The molecule has 0 saturated carbocycles. The third-order valence-electron chi connectivity index (χ3n) is 2.32. The summed E-state index contributed by atoms with van der Waals surface area (Å²) in [5, 5.41) is 2.65. The molecule has 0 spiro atoms. The van der Waals surface area contributed by atoms with Crippen LogP contribution in [0.15, 0.2) is 30.3 Å². The van der Waals surface area contributed by atoms with Crippen molar-refractivity contribution in [1.29, 1.82) is 0 Å². The molecular weight excluding hydrogens is 265 g/mol. The molecule has 0 saturated heterocycles. The summed E-state index contributed by atoms with van der Waals surface area (Å²) in [6.45, 7) is 0. The second-order valence-electron chi connectivity index (χ2n) is 3.57. The van der Waals surface area contributed by atoms with Crippen LogP contribution >= 0.6 is 11.6 Å². The highest BCUT2D eigenvalue weighted by molar-refractivity contribution is 6.30. The number of rotatable bonds is 2. The second-order valence-corrected chi connectivity index (χ2v) is 4.01. The minimum Gasteiger partial charge on any atom is -0.397 e. The molecule has 2 aromatic rings. The lowest BCUT2D eigenvalue weighted by Gasteiger charge is -2.11. The summed E-state index contributed by atoms with van der Waals surface area (Å²) in [6.07, 6.45) is 0. The quantitative estimate of drug-likeness (QED) is 0.808. The van der Waals surface area contributed by atoms with Crippen LogP contribution in [-0.4, -0.2) is 0 Å². The molecule has 0 amide bonds. The monoisotopic (exact) mass is 272 g/mol. The molecule has 94 valence electrons. The van der Waals surface area contributed by atoms with Gasteiger partial charge in [-0.1, -0.05) is 11.6 Å². The molecule has 2 nitrogen and oxygen atoms in total. The average molecular weight is 273 g/mol. The van der Waals surface area contributed by atoms with Gasteiger partial charge < -0.3 is 11.1 Å². The highest BCUT2D eigenvalue weighted by Gasteiger charge is 2.13. The molecule has 0 aromatic heterocycles. The van der Waals surface area contributed by atoms with Crippen molar-refractivity contribution in [1.82, 2.24) is 0 Å². The molecule has 0 unspecified atom stereocenters. The summed E-state index contributed by atoms with van der Waals surface area (Å²) in [5.41, 5.74) is 5.06. The summed E-state index contributed by atoms with van der Waals surface area (Å²) in [7, 11) is 0. The number of hydrogen-bond acceptors (Lipinski definition) is 2. The zero-order valence-electron chi connectivity index (χ0n) is 8.98. The molecule has 0 aliphatic heterocycles. The van der Waals surface area contributed by atoms with Gasteiger partial charge in [-0.3, -0.25) is 0 Å². The number of anilines is 3. The largest absolute Gasteiger partial charge is 0.397 e. The van der Waals surface area contributed by atoms with Crippen LogP contribution in [0.5, 0.6) is 0 Å². The summed E-state index contributed by atoms with van der Waals surface area (Å²) >= 11 is 5.69. The number of hydrogen-bond donors (Lipinski definition) is 2. The first-order valence-corrected chi connectivity index (χ1v) is 5.32. The summed E-state index contributed by atoms with van der Waals surface area (Å²) < 4.78 is 40.0. The van der Waals surface area contributed by atoms with Crippen LogP contribution in [-0.2, 0) is 0 Å². The normalized spacial score (nSPS) is 10.4. The SMILES string of the molecule is Nc1ccc(F)c(F)c1Nc1cc(Cl)ccc1F. The molecule has 18 heavy (non-hydrogen) atoms. The fourth-order valence-corrected chi connectivity index (χ4v) is 1.59. The molecule has 0 aliphatic carbocycles. The van der Waals surface area contributed by atoms with Gasteiger partial charge in [0, 0.05) is 5.02 Å². The number of nitrogen functional groups attached to an aromatic ring is 1. The van der Waals surface area contributed by atoms with E-state index in [0.29, 0.717) is 0 Å². The minimum absolute atomic E-state index is 0.0340. The van der Waals surface area contributed by atoms with Crippen molar-refractivity contribution < 1.29 is 13.2 Å². The predicted octanol–water partition coefficient (Wildman–Crippen LogP) is 4.08. The van der Waals surface area contributed by atoms with E-state index in [4.69, 9.17) is 17.3 Å². The number of benzene rings is 2. The van der Waals surface area contributed by atoms with Crippen LogP contribution in [0.25, 0.3) is 0 Å². The summed E-state index contributed by atoms with van der Waals surface area (Å²) in [5.74, 6) is -2.90. The van der Waals surface area contributed by atoms with Crippen molar-refractivity contribution in [2.24, 2.45) is 0 Å². The molecule has 0 atom stereocenters. The van der Waals surface area contributed by atoms with Crippen LogP contribution < -0.4 is 11.1 Å². The van der Waals surface area contributed by atoms with Crippen LogP contribution in [0, 0.1) is 17.5 Å². The molecule has 0 aliphatic rings. The number of nitrogens with one attached hydrogen (secondary N) is 1. The lowest BCUT2D eigenvalue weighted by molar-refractivity contribution is 0.512. The van der Waals surface area contributed by atoms with Gasteiger partial charge in [-0.2, -0.15) is 0 Å². The van der Waals surface area contributed by atoms with E-state index >= 15 is 0 Å². The van der Waals surface area contributed by atoms with Crippen molar-refractivity contribution in [3.63, 3.8) is 0 Å². The lowest BCUT2D eigenvalue weighted by atomic mass is 10.2. The highest BCUT2D eigenvalue weighted by Crippen LogP contribution is 2.30. The Hall–Kier alpha value is -1.88. The van der Waals surface area contributed by atoms with Gasteiger partial charge in [0.05, 0.1) is 11.4 Å². The lowest BCUT2D eigenvalue weighted by Crippen LogP contribution is -2.02. The predicted molar refractivity (Wildman–Crippen MR) is 65.5 cm³/mol. The van der Waals surface area contributed by atoms with Crippen LogP contribution in [0.3, 0.4) is 0 Å². The van der Waals surface area contributed by atoms with Gasteiger partial charge >= 0.3 is 0 Å². The van der Waals surface area contributed by atoms with E-state index in [1.165, 1.54) is 18.2 Å². The summed E-state index contributed by atoms with van der Waals surface area (Å²) in [4.78, 5) is 0. The standard InChI is InChI=1S/C12H8ClF3N2/c13-6-1-2-7(14)10(5-6)18-12-9(17)4-3-8(15)11(12)16/h1-5,18H,17H2. The first kappa shape index (κ1) is 12.6. The second kappa shape index (κ2) is 4.78. The van der Waals surface area contributed by atoms with E-state index in [1.54, 1.807) is 0 Å². The van der Waals surface area contributed by atoms with Crippen molar-refractivity contribution in [3.8, 4) is 0 Å². The molecular formula is C12H8ClF3N2. The molecule has 3 N–H and O–H groups in total. The third kappa shape index (κ3) is 2.36. The zero-order chi connectivity index (χ0) is 13.3. The van der Waals surface area contributed by atoms with Crippen molar-refractivity contribution in [2.45, 2.75) is 0 Å². The maximum Gasteiger partial charge on any atom is 0.184 e. The topological polar surface area (TPSA) is 38.0 Å². The molecule has 0 radical (unpaired) electrons. The highest BCUT2D eigenvalue weighted by atomic mass is 35.5. The number of nitrogens with two attached hydrogens (primary N) is 1. The van der Waals surface area contributed by atoms with Crippen LogP contribution in [0.1, 0.15) is 0 Å². The third-order valence-corrected chi connectivity index (χ3v) is 2.55. The van der Waals surface area contributed by atoms with Crippen LogP contribution in [0.4, 0.5) is 30.2 Å². The van der Waals surface area contributed by atoms with E-state index < -0.39 is 17.5 Å². The van der Waals surface area contributed by atoms with Gasteiger partial charge in [-0.25, -0.2) is 13.2 Å². The Morgan fingerprint density at radius 3 is 2.39 bits per heavy atom. The Bertz CT molecular complexity index is 602. The van der Waals surface area contributed by atoms with E-state index in [-0.39, 0.29) is 22.1 Å². The van der Waals surface area contributed by atoms with Crippen molar-refractivity contribution >= 4 is 28.7 Å². The zero-order valence-corrected chi connectivity index (χ0v) is 9.73. The van der Waals surface area contributed by atoms with E-state index in [0.717, 1.165) is 12.1 Å². The number of halogens is 4. The van der Waals surface area contributed by atoms with Gasteiger partial charge in [0.15, 0.2) is 11.6 Å². The van der Waals surface area contributed by atoms with E-state index in [2.05, 4.69) is 5.32 Å². The fourth-order valence-electron chi connectivity index (χ4n) is 1.42. The average Bonchev–Trinajstić information content (AvgIpc) is 2.34. The molecule has 6 heteroatoms. The minimum atomic E-state index is -1.17. The Labute approximate surface area is 106 Å². The Balaban J connectivity index is 2.46. The molecule has 2 rings (SSSR count). The maximum absolute atomic E-state index is 13.5. The van der Waals surface area contributed by atoms with Gasteiger partial charge in [0.1, 0.15) is 11.5 Å². The van der Waals surface area contributed by atoms with Crippen molar-refractivity contribution in [2.75, 3.05) is 11.1 Å². The van der Waals surface area contributed by atoms with E-state index in [9.17, 15) is 13.2 Å². The Kier molecular flexibility index (Phi) is 3.34. The molecule has 0 heterocycles. The first-order chi connectivity index (χ1) is 8.49. The van der Waals surface area contributed by atoms with Gasteiger partial charge in [-0.15, -0.1) is 0 Å². The van der Waals surface area contributed by atoms with Crippen LogP contribution in [0.2, 0.25) is 5.02 Å². The summed E-state index contributed by atoms with van der Waals surface area (Å²) in [6, 6.07) is 5.78. The van der Waals surface area contributed by atoms with Crippen molar-refractivity contribution in [3.05, 3.63) is 52.8 Å². The smallest absolute Gasteiger partial charge is 0.184 e. The molecule has 0 bridgehead atoms. The maximum atomic E-state index is 13.5. The Morgan fingerprint density at radius 1 is 1.00 bits per heavy atom. The first-order valence-electron chi connectivity index (χ1n) is 4.94. The Morgan fingerprint density at radius 2 is 1.67 bits per heavy atom. The van der Waals surface area contributed by atoms with Gasteiger partial charge in [0.25, 0.3) is 0 Å². The van der Waals surface area contributed by atoms with E-state index in [1.807, 2.05) is 0 Å². The van der Waals surface area contributed by atoms with Gasteiger partial charge in [0.2, 0.25) is 0 Å². The molecule has 0 fully saturated rings. The van der Waals surface area contributed by atoms with Gasteiger partial charge in [-0.05, 0) is 30.3 Å². The molecule has 2 aromatic carbocycles.